The van der Waals surface area contributed by atoms with Crippen molar-refractivity contribution >= 4 is 10.8 Å². The smallest absolute Gasteiger partial charge is 0.167 e. The van der Waals surface area contributed by atoms with Crippen LogP contribution in [-0.4, -0.2) is 5.11 Å². The van der Waals surface area contributed by atoms with E-state index in [-0.39, 0.29) is 16.7 Å². The van der Waals surface area contributed by atoms with Crippen LogP contribution >= 0.6 is 0 Å². The van der Waals surface area contributed by atoms with E-state index in [1.165, 1.54) is 12.1 Å². The number of aromatic hydroxyl groups is 1. The number of phenols is 1. The molecule has 0 spiro atoms. The maximum atomic E-state index is 14.3. The Balaban J connectivity index is 2.19. The monoisotopic (exact) mass is 294 g/mol. The maximum Gasteiger partial charge on any atom is 0.167 e. The lowest BCUT2D eigenvalue weighted by atomic mass is 9.99. The molecule has 108 valence electrons. The Labute approximate surface area is 126 Å². The quantitative estimate of drug-likeness (QED) is 0.635. The molecule has 22 heavy (non-hydrogen) atoms. The Bertz CT molecular complexity index is 916. The number of fused-ring (bicyclic) bond motifs is 1. The van der Waals surface area contributed by atoms with Gasteiger partial charge in [0, 0.05) is 16.5 Å². The minimum absolute atomic E-state index is 0.0646. The normalized spacial score (nSPS) is 10.3. The second-order valence-corrected chi connectivity index (χ2v) is 4.91. The maximum absolute atomic E-state index is 14.3. The fourth-order valence-electron chi connectivity index (χ4n) is 2.40. The summed E-state index contributed by atoms with van der Waals surface area (Å²) in [4.78, 5) is 0. The van der Waals surface area contributed by atoms with E-state index in [1.807, 2.05) is 0 Å². The van der Waals surface area contributed by atoms with Crippen LogP contribution in [0.25, 0.3) is 21.9 Å². The van der Waals surface area contributed by atoms with Gasteiger partial charge < -0.3 is 5.11 Å². The van der Waals surface area contributed by atoms with Crippen molar-refractivity contribution in [3.63, 3.8) is 0 Å². The molecule has 0 bridgehead atoms. The Morgan fingerprint density at radius 3 is 2.32 bits per heavy atom. The lowest BCUT2D eigenvalue weighted by molar-refractivity contribution is 0.475. The van der Waals surface area contributed by atoms with E-state index in [0.717, 1.165) is 5.56 Å². The van der Waals surface area contributed by atoms with Crippen LogP contribution in [0, 0.1) is 23.5 Å². The third kappa shape index (κ3) is 2.40. The first-order valence-corrected chi connectivity index (χ1v) is 6.74. The van der Waals surface area contributed by atoms with Gasteiger partial charge in [0.15, 0.2) is 11.6 Å². The standard InChI is InChI=1S/C19H12F2O/c1-2-3-12-4-6-13(7-5-12)16-10-14-8-9-15(22)11-17(14)19(21)18(16)20/h4-11,22H,1H3. The van der Waals surface area contributed by atoms with Gasteiger partial charge in [-0.1, -0.05) is 24.1 Å². The zero-order valence-electron chi connectivity index (χ0n) is 11.8. The highest BCUT2D eigenvalue weighted by atomic mass is 19.2. The molecule has 0 radical (unpaired) electrons. The fourth-order valence-corrected chi connectivity index (χ4v) is 2.40. The van der Waals surface area contributed by atoms with E-state index < -0.39 is 11.6 Å². The molecule has 3 rings (SSSR count). The molecular weight excluding hydrogens is 282 g/mol. The van der Waals surface area contributed by atoms with E-state index in [1.54, 1.807) is 43.3 Å². The summed E-state index contributed by atoms with van der Waals surface area (Å²) in [7, 11) is 0. The molecule has 3 aromatic rings. The molecular formula is C19H12F2O. The number of hydrogen-bond acceptors (Lipinski definition) is 1. The summed E-state index contributed by atoms with van der Waals surface area (Å²) in [5.41, 5.74) is 1.58. The summed E-state index contributed by atoms with van der Waals surface area (Å²) in [5, 5.41) is 10.0. The number of hydrogen-bond donors (Lipinski definition) is 1. The third-order valence-corrected chi connectivity index (χ3v) is 3.47. The lowest BCUT2D eigenvalue weighted by Crippen LogP contribution is -1.92. The number of halogens is 2. The van der Waals surface area contributed by atoms with Crippen molar-refractivity contribution in [2.45, 2.75) is 6.92 Å². The molecule has 0 amide bonds. The Morgan fingerprint density at radius 2 is 1.64 bits per heavy atom. The van der Waals surface area contributed by atoms with Crippen molar-refractivity contribution in [2.75, 3.05) is 0 Å². The second-order valence-electron chi connectivity index (χ2n) is 4.91. The SMILES string of the molecule is CC#Cc1ccc(-c2cc3ccc(O)cc3c(F)c2F)cc1. The summed E-state index contributed by atoms with van der Waals surface area (Å²) < 4.78 is 28.5. The zero-order chi connectivity index (χ0) is 15.7. The molecule has 1 N–H and O–H groups in total. The molecule has 0 aliphatic heterocycles. The highest BCUT2D eigenvalue weighted by Crippen LogP contribution is 2.32. The van der Waals surface area contributed by atoms with Crippen LogP contribution in [0.2, 0.25) is 0 Å². The fraction of sp³-hybridized carbons (Fsp3) is 0.0526. The lowest BCUT2D eigenvalue weighted by Gasteiger charge is -2.08. The van der Waals surface area contributed by atoms with Crippen molar-refractivity contribution in [3.8, 4) is 28.7 Å². The van der Waals surface area contributed by atoms with Gasteiger partial charge in [0.05, 0.1) is 0 Å². The molecule has 0 saturated heterocycles. The summed E-state index contributed by atoms with van der Waals surface area (Å²) in [5.74, 6) is 3.71. The highest BCUT2D eigenvalue weighted by molar-refractivity contribution is 5.89. The molecule has 0 aliphatic carbocycles. The molecule has 1 nitrogen and oxygen atoms in total. The summed E-state index contributed by atoms with van der Waals surface area (Å²) in [6.45, 7) is 1.74. The molecule has 3 heteroatoms. The predicted molar refractivity (Wildman–Crippen MR) is 83.5 cm³/mol. The minimum Gasteiger partial charge on any atom is -0.508 e. The van der Waals surface area contributed by atoms with Crippen LogP contribution < -0.4 is 0 Å². The number of phenolic OH excluding ortho intramolecular Hbond substituents is 1. The molecule has 0 heterocycles. The van der Waals surface area contributed by atoms with Crippen LogP contribution in [0.3, 0.4) is 0 Å². The average molecular weight is 294 g/mol. The molecule has 0 aliphatic rings. The highest BCUT2D eigenvalue weighted by Gasteiger charge is 2.15. The van der Waals surface area contributed by atoms with E-state index >= 15 is 0 Å². The van der Waals surface area contributed by atoms with Gasteiger partial charge in [-0.15, -0.1) is 5.92 Å². The number of benzene rings is 3. The summed E-state index contributed by atoms with van der Waals surface area (Å²) >= 11 is 0. The number of rotatable bonds is 1. The first-order valence-electron chi connectivity index (χ1n) is 6.74. The van der Waals surface area contributed by atoms with E-state index in [2.05, 4.69) is 11.8 Å². The van der Waals surface area contributed by atoms with Crippen molar-refractivity contribution in [1.82, 2.24) is 0 Å². The summed E-state index contributed by atoms with van der Waals surface area (Å²) in [6.07, 6.45) is 0. The van der Waals surface area contributed by atoms with Crippen molar-refractivity contribution < 1.29 is 13.9 Å². The van der Waals surface area contributed by atoms with Gasteiger partial charge in [-0.25, -0.2) is 8.78 Å². The van der Waals surface area contributed by atoms with Crippen LogP contribution in [0.15, 0.2) is 48.5 Å². The van der Waals surface area contributed by atoms with Gasteiger partial charge in [0.25, 0.3) is 0 Å². The first-order chi connectivity index (χ1) is 10.6. The van der Waals surface area contributed by atoms with Gasteiger partial charge in [0.1, 0.15) is 5.75 Å². The van der Waals surface area contributed by atoms with Crippen molar-refractivity contribution in [1.29, 1.82) is 0 Å². The zero-order valence-corrected chi connectivity index (χ0v) is 11.8. The molecule has 0 fully saturated rings. The first kappa shape index (κ1) is 14.1. The van der Waals surface area contributed by atoms with Crippen LogP contribution in [-0.2, 0) is 0 Å². The largest absolute Gasteiger partial charge is 0.508 e. The minimum atomic E-state index is -0.958. The topological polar surface area (TPSA) is 20.2 Å². The van der Waals surface area contributed by atoms with Crippen LogP contribution in [0.5, 0.6) is 5.75 Å². The van der Waals surface area contributed by atoms with Crippen LogP contribution in [0.4, 0.5) is 8.78 Å². The average Bonchev–Trinajstić information content (AvgIpc) is 2.53. The molecule has 0 atom stereocenters. The van der Waals surface area contributed by atoms with E-state index in [4.69, 9.17) is 0 Å². The van der Waals surface area contributed by atoms with Gasteiger partial charge in [-0.3, -0.25) is 0 Å². The van der Waals surface area contributed by atoms with E-state index in [0.29, 0.717) is 10.9 Å². The van der Waals surface area contributed by atoms with Crippen molar-refractivity contribution in [2.24, 2.45) is 0 Å². The molecule has 0 unspecified atom stereocenters. The van der Waals surface area contributed by atoms with E-state index in [9.17, 15) is 13.9 Å². The molecule has 3 aromatic carbocycles. The van der Waals surface area contributed by atoms with Gasteiger partial charge in [-0.2, -0.15) is 0 Å². The van der Waals surface area contributed by atoms with Gasteiger partial charge in [0.2, 0.25) is 0 Å². The Hall–Kier alpha value is -2.86. The summed E-state index contributed by atoms with van der Waals surface area (Å²) in [6, 6.07) is 12.8. The van der Waals surface area contributed by atoms with Gasteiger partial charge in [-0.05, 0) is 48.2 Å². The Kier molecular flexibility index (Phi) is 3.52. The van der Waals surface area contributed by atoms with Crippen LogP contribution in [0.1, 0.15) is 12.5 Å². The van der Waals surface area contributed by atoms with Crippen molar-refractivity contribution in [3.05, 3.63) is 65.7 Å². The third-order valence-electron chi connectivity index (χ3n) is 3.47. The second kappa shape index (κ2) is 5.50. The van der Waals surface area contributed by atoms with Gasteiger partial charge >= 0.3 is 0 Å². The molecule has 0 aromatic heterocycles. The molecule has 0 saturated carbocycles. The predicted octanol–water partition coefficient (Wildman–Crippen LogP) is 4.86. The Morgan fingerprint density at radius 1 is 0.909 bits per heavy atom.